The summed E-state index contributed by atoms with van der Waals surface area (Å²) in [6.07, 6.45) is -1.68. The van der Waals surface area contributed by atoms with E-state index in [1.165, 1.54) is 23.0 Å². The van der Waals surface area contributed by atoms with Crippen LogP contribution in [0.1, 0.15) is 12.0 Å². The van der Waals surface area contributed by atoms with Crippen LogP contribution in [0.2, 0.25) is 5.02 Å². The molecule has 1 heterocycles. The summed E-state index contributed by atoms with van der Waals surface area (Å²) in [6, 6.07) is 10.0. The number of benzene rings is 2. The van der Waals surface area contributed by atoms with Gasteiger partial charge in [-0.1, -0.05) is 23.7 Å². The topological polar surface area (TPSA) is 93.4 Å². The maximum absolute atomic E-state index is 12.8. The van der Waals surface area contributed by atoms with Gasteiger partial charge in [-0.3, -0.25) is 14.2 Å². The molecule has 1 aromatic heterocycles. The first-order chi connectivity index (χ1) is 14.6. The summed E-state index contributed by atoms with van der Waals surface area (Å²) < 4.78 is 42.1. The van der Waals surface area contributed by atoms with Gasteiger partial charge in [0.2, 0.25) is 0 Å². The van der Waals surface area contributed by atoms with E-state index in [4.69, 9.17) is 16.7 Å². The molecule has 0 saturated carbocycles. The van der Waals surface area contributed by atoms with Crippen molar-refractivity contribution in [3.63, 3.8) is 0 Å². The van der Waals surface area contributed by atoms with E-state index in [0.717, 1.165) is 17.7 Å². The zero-order chi connectivity index (χ0) is 22.6. The molecule has 31 heavy (non-hydrogen) atoms. The lowest BCUT2D eigenvalue weighted by molar-refractivity contribution is -0.274. The van der Waals surface area contributed by atoms with Crippen molar-refractivity contribution in [3.05, 3.63) is 75.8 Å². The second kappa shape index (κ2) is 9.09. The number of hydrogen-bond acceptors (Lipinski definition) is 5. The minimum absolute atomic E-state index is 0.00379. The third kappa shape index (κ3) is 5.98. The fraction of sp³-hybridized carbons (Fsp3) is 0.150. The minimum Gasteiger partial charge on any atom is -0.481 e. The van der Waals surface area contributed by atoms with Gasteiger partial charge in [0.05, 0.1) is 10.7 Å². The van der Waals surface area contributed by atoms with E-state index in [2.05, 4.69) is 15.0 Å². The van der Waals surface area contributed by atoms with Gasteiger partial charge >= 0.3 is 12.3 Å². The van der Waals surface area contributed by atoms with E-state index in [9.17, 15) is 22.8 Å². The van der Waals surface area contributed by atoms with Crippen molar-refractivity contribution in [2.75, 3.05) is 5.32 Å². The number of aryl methyl sites for hydroxylation is 1. The molecule has 162 valence electrons. The molecule has 0 fully saturated rings. The third-order valence-corrected chi connectivity index (χ3v) is 4.42. The zero-order valence-corrected chi connectivity index (χ0v) is 16.4. The van der Waals surface area contributed by atoms with Gasteiger partial charge in [-0.25, -0.2) is 4.98 Å². The first-order valence-electron chi connectivity index (χ1n) is 8.83. The number of carbonyl (C=O) groups is 1. The highest BCUT2D eigenvalue weighted by Gasteiger charge is 2.31. The largest absolute Gasteiger partial charge is 0.573 e. The van der Waals surface area contributed by atoms with Gasteiger partial charge in [-0.2, -0.15) is 0 Å². The molecule has 0 aliphatic heterocycles. The number of anilines is 2. The van der Waals surface area contributed by atoms with Crippen molar-refractivity contribution in [2.45, 2.75) is 19.2 Å². The molecule has 7 nitrogen and oxygen atoms in total. The van der Waals surface area contributed by atoms with Crippen LogP contribution in [0.5, 0.6) is 5.75 Å². The Morgan fingerprint density at radius 1 is 1.19 bits per heavy atom. The van der Waals surface area contributed by atoms with Crippen LogP contribution in [0.3, 0.4) is 0 Å². The lowest BCUT2D eigenvalue weighted by atomic mass is 10.1. The molecule has 2 aromatic carbocycles. The normalized spacial score (nSPS) is 11.2. The molecule has 0 amide bonds. The number of nitrogens with one attached hydrogen (secondary N) is 1. The van der Waals surface area contributed by atoms with Gasteiger partial charge in [-0.05, 0) is 36.2 Å². The summed E-state index contributed by atoms with van der Waals surface area (Å²) >= 11 is 6.00. The lowest BCUT2D eigenvalue weighted by Gasteiger charge is -2.13. The van der Waals surface area contributed by atoms with Crippen molar-refractivity contribution in [1.82, 2.24) is 9.55 Å². The second-order valence-electron chi connectivity index (χ2n) is 6.33. The van der Waals surface area contributed by atoms with Crippen molar-refractivity contribution in [1.29, 1.82) is 0 Å². The molecule has 0 saturated heterocycles. The lowest BCUT2D eigenvalue weighted by Crippen LogP contribution is -2.22. The number of alkyl halides is 3. The number of aliphatic carboxylic acids is 1. The van der Waals surface area contributed by atoms with Crippen LogP contribution in [-0.4, -0.2) is 27.0 Å². The summed E-state index contributed by atoms with van der Waals surface area (Å²) in [5.74, 6) is -1.49. The first kappa shape index (κ1) is 22.2. The Labute approximate surface area is 178 Å². The number of hydrogen-bond donors (Lipinski definition) is 2. The van der Waals surface area contributed by atoms with Gasteiger partial charge in [-0.15, -0.1) is 13.2 Å². The van der Waals surface area contributed by atoms with E-state index in [-0.39, 0.29) is 22.9 Å². The van der Waals surface area contributed by atoms with Crippen LogP contribution in [-0.2, 0) is 11.2 Å². The Morgan fingerprint density at radius 3 is 2.52 bits per heavy atom. The highest BCUT2D eigenvalue weighted by molar-refractivity contribution is 6.33. The number of halogens is 4. The van der Waals surface area contributed by atoms with Crippen molar-refractivity contribution >= 4 is 29.1 Å². The average Bonchev–Trinajstić information content (AvgIpc) is 2.69. The third-order valence-electron chi connectivity index (χ3n) is 4.11. The predicted octanol–water partition coefficient (Wildman–Crippen LogP) is 4.55. The Balaban J connectivity index is 1.81. The molecule has 0 atom stereocenters. The maximum atomic E-state index is 12.8. The molecule has 0 spiro atoms. The maximum Gasteiger partial charge on any atom is 0.573 e. The van der Waals surface area contributed by atoms with Crippen LogP contribution in [0, 0.1) is 0 Å². The van der Waals surface area contributed by atoms with Crippen molar-refractivity contribution in [3.8, 4) is 11.4 Å². The van der Waals surface area contributed by atoms with Crippen LogP contribution in [0.25, 0.3) is 5.69 Å². The van der Waals surface area contributed by atoms with Gasteiger partial charge in [0.15, 0.2) is 5.82 Å². The van der Waals surface area contributed by atoms with E-state index < -0.39 is 23.6 Å². The minimum atomic E-state index is -4.85. The SMILES string of the molecule is O=C(O)CCc1ccc(-n2ccnc(Nc3ccc(OC(F)(F)F)cc3Cl)c2=O)cc1. The fourth-order valence-electron chi connectivity index (χ4n) is 2.70. The monoisotopic (exact) mass is 453 g/mol. The Morgan fingerprint density at radius 2 is 1.90 bits per heavy atom. The molecule has 11 heteroatoms. The molecular weight excluding hydrogens is 439 g/mol. The summed E-state index contributed by atoms with van der Waals surface area (Å²) in [4.78, 5) is 27.4. The summed E-state index contributed by atoms with van der Waals surface area (Å²) in [5.41, 5.74) is 0.976. The van der Waals surface area contributed by atoms with Crippen LogP contribution in [0.4, 0.5) is 24.7 Å². The van der Waals surface area contributed by atoms with Gasteiger partial charge in [0.25, 0.3) is 5.56 Å². The number of carboxylic acids is 1. The predicted molar refractivity (Wildman–Crippen MR) is 107 cm³/mol. The van der Waals surface area contributed by atoms with E-state index >= 15 is 0 Å². The first-order valence-corrected chi connectivity index (χ1v) is 9.21. The highest BCUT2D eigenvalue weighted by atomic mass is 35.5. The molecular formula is C20H15ClF3N3O4. The zero-order valence-electron chi connectivity index (χ0n) is 15.7. The number of ether oxygens (including phenoxy) is 1. The molecule has 3 aromatic rings. The summed E-state index contributed by atoms with van der Waals surface area (Å²) in [7, 11) is 0. The quantitative estimate of drug-likeness (QED) is 0.545. The van der Waals surface area contributed by atoms with E-state index in [0.29, 0.717) is 12.1 Å². The van der Waals surface area contributed by atoms with Crippen LogP contribution < -0.4 is 15.6 Å². The highest BCUT2D eigenvalue weighted by Crippen LogP contribution is 2.31. The fourth-order valence-corrected chi connectivity index (χ4v) is 2.91. The van der Waals surface area contributed by atoms with E-state index in [1.807, 2.05) is 0 Å². The Kier molecular flexibility index (Phi) is 6.50. The van der Waals surface area contributed by atoms with Crippen molar-refractivity contribution < 1.29 is 27.8 Å². The number of nitrogens with zero attached hydrogens (tertiary/aromatic N) is 2. The smallest absolute Gasteiger partial charge is 0.481 e. The van der Waals surface area contributed by atoms with Crippen LogP contribution in [0.15, 0.2) is 59.7 Å². The van der Waals surface area contributed by atoms with Crippen molar-refractivity contribution in [2.24, 2.45) is 0 Å². The standard InChI is InChI=1S/C20H15ClF3N3O4/c21-15-11-14(31-20(22,23)24)6-7-16(15)26-18-19(30)27(10-9-25-18)13-4-1-12(2-5-13)3-8-17(28)29/h1-2,4-7,9-11H,3,8H2,(H,25,26)(H,28,29). The van der Waals surface area contributed by atoms with Gasteiger partial charge < -0.3 is 15.2 Å². The molecule has 0 bridgehead atoms. The van der Waals surface area contributed by atoms with Gasteiger partial charge in [0, 0.05) is 30.6 Å². The Bertz CT molecular complexity index is 1150. The number of carboxylic acid groups (broad SMARTS) is 1. The average molecular weight is 454 g/mol. The van der Waals surface area contributed by atoms with Gasteiger partial charge in [0.1, 0.15) is 5.75 Å². The molecule has 2 N–H and O–H groups in total. The molecule has 0 aliphatic carbocycles. The molecule has 0 aliphatic rings. The number of aromatic nitrogens is 2. The van der Waals surface area contributed by atoms with Crippen LogP contribution >= 0.6 is 11.6 Å². The van der Waals surface area contributed by atoms with E-state index in [1.54, 1.807) is 24.3 Å². The molecule has 0 unspecified atom stereocenters. The summed E-state index contributed by atoms with van der Waals surface area (Å²) in [5, 5.41) is 11.4. The Hall–Kier alpha value is -3.53. The number of rotatable bonds is 7. The second-order valence-corrected chi connectivity index (χ2v) is 6.73. The molecule has 3 rings (SSSR count). The summed E-state index contributed by atoms with van der Waals surface area (Å²) in [6.45, 7) is 0. The molecule has 0 radical (unpaired) electrons.